The second-order valence-corrected chi connectivity index (χ2v) is 6.98. The predicted octanol–water partition coefficient (Wildman–Crippen LogP) is 3.64. The fourth-order valence-corrected chi connectivity index (χ4v) is 3.45. The quantitative estimate of drug-likeness (QED) is 0.805. The van der Waals surface area contributed by atoms with Gasteiger partial charge in [0, 0.05) is 37.5 Å². The molecule has 0 bridgehead atoms. The van der Waals surface area contributed by atoms with E-state index < -0.39 is 0 Å². The Morgan fingerprint density at radius 2 is 0.815 bits per heavy atom. The van der Waals surface area contributed by atoms with Crippen LogP contribution in [0.4, 0.5) is 11.4 Å². The van der Waals surface area contributed by atoms with Crippen molar-refractivity contribution in [3.63, 3.8) is 0 Å². The molecule has 0 radical (unpaired) electrons. The van der Waals surface area contributed by atoms with Crippen molar-refractivity contribution in [2.75, 3.05) is 9.80 Å². The van der Waals surface area contributed by atoms with Crippen molar-refractivity contribution in [1.29, 1.82) is 0 Å². The number of amides is 4. The minimum atomic E-state index is -0.334. The predicted molar refractivity (Wildman–Crippen MR) is 105 cm³/mol. The lowest BCUT2D eigenvalue weighted by molar-refractivity contribution is -0.125. The van der Waals surface area contributed by atoms with Gasteiger partial charge in [-0.3, -0.25) is 29.0 Å². The average molecular weight is 384 g/mol. The van der Waals surface area contributed by atoms with Gasteiger partial charge in [0.15, 0.2) is 0 Å². The molecule has 0 saturated carbocycles. The molecular formula is C20H20N2O4S. The maximum absolute atomic E-state index is 11.6. The fraction of sp³-hybridized carbons (Fsp3) is 0.200. The summed E-state index contributed by atoms with van der Waals surface area (Å²) in [5.41, 5.74) is 1.04. The van der Waals surface area contributed by atoms with E-state index in [9.17, 15) is 19.2 Å². The first kappa shape index (κ1) is 20.4. The smallest absolute Gasteiger partial charge is 0.230 e. The first-order valence-corrected chi connectivity index (χ1v) is 9.03. The van der Waals surface area contributed by atoms with Gasteiger partial charge in [0.2, 0.25) is 23.6 Å². The Kier molecular flexibility index (Phi) is 6.52. The molecule has 4 amide bonds. The SMILES string of the molecule is CC(=O)N(C(C)=O)c1ccc(Sc2ccc(N(C(C)=O)C(C)=O)cc2)cc1. The van der Waals surface area contributed by atoms with E-state index in [2.05, 4.69) is 0 Å². The van der Waals surface area contributed by atoms with Crippen LogP contribution in [0, 0.1) is 0 Å². The van der Waals surface area contributed by atoms with Gasteiger partial charge >= 0.3 is 0 Å². The van der Waals surface area contributed by atoms with Crippen molar-refractivity contribution < 1.29 is 19.2 Å². The maximum atomic E-state index is 11.6. The number of hydrogen-bond donors (Lipinski definition) is 0. The Labute approximate surface area is 162 Å². The van der Waals surface area contributed by atoms with Crippen LogP contribution in [-0.2, 0) is 19.2 Å². The van der Waals surface area contributed by atoms with Crippen LogP contribution in [-0.4, -0.2) is 23.6 Å². The Bertz CT molecular complexity index is 774. The van der Waals surface area contributed by atoms with E-state index in [1.54, 1.807) is 24.3 Å². The molecule has 0 aromatic heterocycles. The highest BCUT2D eigenvalue weighted by Crippen LogP contribution is 2.31. The number of carbonyl (C=O) groups excluding carboxylic acids is 4. The van der Waals surface area contributed by atoms with Crippen LogP contribution in [0.25, 0.3) is 0 Å². The third kappa shape index (κ3) is 5.04. The van der Waals surface area contributed by atoms with E-state index in [-0.39, 0.29) is 23.6 Å². The monoisotopic (exact) mass is 384 g/mol. The van der Waals surface area contributed by atoms with Crippen molar-refractivity contribution in [3.05, 3.63) is 48.5 Å². The zero-order chi connectivity index (χ0) is 20.1. The topological polar surface area (TPSA) is 74.8 Å². The molecule has 0 atom stereocenters. The molecule has 2 rings (SSSR count). The number of hydrogen-bond acceptors (Lipinski definition) is 5. The molecule has 0 saturated heterocycles. The van der Waals surface area contributed by atoms with E-state index >= 15 is 0 Å². The number of benzene rings is 2. The third-order valence-corrected chi connectivity index (χ3v) is 4.70. The molecule has 2 aromatic carbocycles. The van der Waals surface area contributed by atoms with Crippen LogP contribution in [0.1, 0.15) is 27.7 Å². The molecular weight excluding hydrogens is 364 g/mol. The summed E-state index contributed by atoms with van der Waals surface area (Å²) in [4.78, 5) is 50.4. The molecule has 27 heavy (non-hydrogen) atoms. The van der Waals surface area contributed by atoms with Gasteiger partial charge in [0.25, 0.3) is 0 Å². The second-order valence-electron chi connectivity index (χ2n) is 5.84. The Morgan fingerprint density at radius 1 is 0.556 bits per heavy atom. The number of imide groups is 2. The largest absolute Gasteiger partial charge is 0.274 e. The standard InChI is InChI=1S/C20H20N2O4S/c1-13(23)21(14(2)24)17-5-9-19(10-6-17)27-20-11-7-18(8-12-20)22(15(3)25)16(4)26/h5-12H,1-4H3. The van der Waals surface area contributed by atoms with Gasteiger partial charge in [-0.2, -0.15) is 0 Å². The van der Waals surface area contributed by atoms with Crippen molar-refractivity contribution in [2.24, 2.45) is 0 Å². The van der Waals surface area contributed by atoms with Gasteiger partial charge < -0.3 is 0 Å². The van der Waals surface area contributed by atoms with E-state index in [0.717, 1.165) is 19.6 Å². The number of carbonyl (C=O) groups is 4. The number of rotatable bonds is 4. The van der Waals surface area contributed by atoms with Crippen LogP contribution in [0.2, 0.25) is 0 Å². The molecule has 0 aliphatic carbocycles. The maximum Gasteiger partial charge on any atom is 0.230 e. The molecule has 0 spiro atoms. The summed E-state index contributed by atoms with van der Waals surface area (Å²) in [6, 6.07) is 14.2. The molecule has 0 N–H and O–H groups in total. The Morgan fingerprint density at radius 3 is 1.04 bits per heavy atom. The van der Waals surface area contributed by atoms with E-state index in [0.29, 0.717) is 11.4 Å². The lowest BCUT2D eigenvalue weighted by atomic mass is 10.3. The molecule has 140 valence electrons. The van der Waals surface area contributed by atoms with Crippen molar-refractivity contribution in [3.8, 4) is 0 Å². The van der Waals surface area contributed by atoms with Gasteiger partial charge in [-0.05, 0) is 48.5 Å². The van der Waals surface area contributed by atoms with Crippen LogP contribution in [0.3, 0.4) is 0 Å². The summed E-state index contributed by atoms with van der Waals surface area (Å²) in [5.74, 6) is -1.34. The van der Waals surface area contributed by atoms with E-state index in [1.807, 2.05) is 24.3 Å². The van der Waals surface area contributed by atoms with E-state index in [4.69, 9.17) is 0 Å². The molecule has 0 aliphatic rings. The zero-order valence-electron chi connectivity index (χ0n) is 15.6. The van der Waals surface area contributed by atoms with Gasteiger partial charge in [0.05, 0.1) is 11.4 Å². The third-order valence-electron chi connectivity index (χ3n) is 3.69. The molecule has 6 nitrogen and oxygen atoms in total. The van der Waals surface area contributed by atoms with Crippen LogP contribution in [0.5, 0.6) is 0 Å². The number of anilines is 2. The Hall–Kier alpha value is -2.93. The van der Waals surface area contributed by atoms with Gasteiger partial charge in [-0.15, -0.1) is 0 Å². The molecule has 0 heterocycles. The van der Waals surface area contributed by atoms with Crippen molar-refractivity contribution >= 4 is 46.8 Å². The van der Waals surface area contributed by atoms with Crippen molar-refractivity contribution in [2.45, 2.75) is 37.5 Å². The highest BCUT2D eigenvalue weighted by atomic mass is 32.2. The molecule has 7 heteroatoms. The summed E-state index contributed by atoms with van der Waals surface area (Å²) >= 11 is 1.49. The highest BCUT2D eigenvalue weighted by molar-refractivity contribution is 7.99. The first-order valence-electron chi connectivity index (χ1n) is 8.21. The van der Waals surface area contributed by atoms with Crippen molar-refractivity contribution in [1.82, 2.24) is 0 Å². The average Bonchev–Trinajstić information content (AvgIpc) is 2.57. The highest BCUT2D eigenvalue weighted by Gasteiger charge is 2.17. The molecule has 0 aliphatic heterocycles. The zero-order valence-corrected chi connectivity index (χ0v) is 16.4. The summed E-state index contributed by atoms with van der Waals surface area (Å²) < 4.78 is 0. The lowest BCUT2D eigenvalue weighted by Crippen LogP contribution is -2.32. The van der Waals surface area contributed by atoms with Crippen LogP contribution < -0.4 is 9.80 Å². The summed E-state index contributed by atoms with van der Waals surface area (Å²) in [7, 11) is 0. The first-order chi connectivity index (χ1) is 12.7. The van der Waals surface area contributed by atoms with Crippen LogP contribution >= 0.6 is 11.8 Å². The lowest BCUT2D eigenvalue weighted by Gasteiger charge is -2.18. The van der Waals surface area contributed by atoms with Gasteiger partial charge in [-0.25, -0.2) is 0 Å². The minimum absolute atomic E-state index is 0.334. The Balaban J connectivity index is 2.16. The summed E-state index contributed by atoms with van der Waals surface area (Å²) in [6.45, 7) is 5.38. The normalized spacial score (nSPS) is 10.2. The van der Waals surface area contributed by atoms with Crippen LogP contribution in [0.15, 0.2) is 58.3 Å². The summed E-state index contributed by atoms with van der Waals surface area (Å²) in [6.07, 6.45) is 0. The molecule has 2 aromatic rings. The van der Waals surface area contributed by atoms with E-state index in [1.165, 1.54) is 39.5 Å². The van der Waals surface area contributed by atoms with Gasteiger partial charge in [0.1, 0.15) is 0 Å². The second kappa shape index (κ2) is 8.64. The van der Waals surface area contributed by atoms with Gasteiger partial charge in [-0.1, -0.05) is 11.8 Å². The fourth-order valence-electron chi connectivity index (χ4n) is 2.63. The molecule has 0 unspecified atom stereocenters. The number of nitrogens with zero attached hydrogens (tertiary/aromatic N) is 2. The molecule has 0 fully saturated rings. The minimum Gasteiger partial charge on any atom is -0.274 e. The summed E-state index contributed by atoms with van der Waals surface area (Å²) in [5, 5.41) is 0.